The van der Waals surface area contributed by atoms with E-state index in [0.717, 1.165) is 5.56 Å². The lowest BCUT2D eigenvalue weighted by molar-refractivity contribution is 0.0450. The Morgan fingerprint density at radius 3 is 2.33 bits per heavy atom. The van der Waals surface area contributed by atoms with E-state index in [1.807, 2.05) is 18.2 Å². The van der Waals surface area contributed by atoms with E-state index in [9.17, 15) is 14.4 Å². The zero-order valence-electron chi connectivity index (χ0n) is 15.9. The van der Waals surface area contributed by atoms with Gasteiger partial charge < -0.3 is 24.4 Å². The molecule has 2 rings (SSSR count). The maximum absolute atomic E-state index is 12.0. The van der Waals surface area contributed by atoms with Crippen molar-refractivity contribution in [2.45, 2.75) is 51.9 Å². The molecule has 0 bridgehead atoms. The van der Waals surface area contributed by atoms with Crippen LogP contribution in [0.2, 0.25) is 0 Å². The molecule has 1 aromatic rings. The third-order valence-corrected chi connectivity index (χ3v) is 3.84. The van der Waals surface area contributed by atoms with E-state index in [-0.39, 0.29) is 12.6 Å². The number of hydrogen-bond acceptors (Lipinski definition) is 6. The van der Waals surface area contributed by atoms with Crippen molar-refractivity contribution >= 4 is 18.3 Å². The van der Waals surface area contributed by atoms with Gasteiger partial charge >= 0.3 is 18.3 Å². The highest BCUT2D eigenvalue weighted by Gasteiger charge is 2.27. The summed E-state index contributed by atoms with van der Waals surface area (Å²) >= 11 is 0. The molecule has 1 aromatic carbocycles. The second kappa shape index (κ2) is 9.25. The van der Waals surface area contributed by atoms with Gasteiger partial charge in [-0.3, -0.25) is 0 Å². The largest absolute Gasteiger partial charge is 0.517 e. The van der Waals surface area contributed by atoms with Crippen molar-refractivity contribution in [1.29, 1.82) is 0 Å². The van der Waals surface area contributed by atoms with Gasteiger partial charge in [0.25, 0.3) is 0 Å². The summed E-state index contributed by atoms with van der Waals surface area (Å²) in [6.45, 7) is 6.15. The van der Waals surface area contributed by atoms with Gasteiger partial charge in [0.2, 0.25) is 0 Å². The average Bonchev–Trinajstić information content (AvgIpc) is 2.60. The quantitative estimate of drug-likeness (QED) is 0.639. The Bertz CT molecular complexity index is 648. The molecule has 1 heterocycles. The summed E-state index contributed by atoms with van der Waals surface area (Å²) in [5.41, 5.74) is 0.241. The van der Waals surface area contributed by atoms with Crippen LogP contribution in [0.5, 0.6) is 0 Å². The molecule has 8 heteroatoms. The fourth-order valence-corrected chi connectivity index (χ4v) is 2.56. The number of benzene rings is 1. The molecule has 8 nitrogen and oxygen atoms in total. The van der Waals surface area contributed by atoms with Crippen molar-refractivity contribution in [2.75, 3.05) is 13.1 Å². The molecule has 0 aromatic heterocycles. The SMILES string of the molecule is CC(C)(C)OC(=O)NC1CCN(C(=O)OC(=O)OCc2ccccc2)CC1. The molecule has 0 spiro atoms. The second-order valence-electron chi connectivity index (χ2n) is 7.30. The topological polar surface area (TPSA) is 94.2 Å². The van der Waals surface area contributed by atoms with Crippen LogP contribution in [0.3, 0.4) is 0 Å². The normalized spacial score (nSPS) is 15.0. The summed E-state index contributed by atoms with van der Waals surface area (Å²) in [5, 5.41) is 2.78. The maximum atomic E-state index is 12.0. The summed E-state index contributed by atoms with van der Waals surface area (Å²) < 4.78 is 14.8. The first kappa shape index (κ1) is 20.5. The first-order chi connectivity index (χ1) is 12.7. The molecule has 1 saturated heterocycles. The van der Waals surface area contributed by atoms with E-state index >= 15 is 0 Å². The summed E-state index contributed by atoms with van der Waals surface area (Å²) in [5.74, 6) is 0. The van der Waals surface area contributed by atoms with E-state index in [1.165, 1.54) is 4.90 Å². The molecule has 148 valence electrons. The highest BCUT2D eigenvalue weighted by atomic mass is 16.7. The number of nitrogens with zero attached hydrogens (tertiary/aromatic N) is 1. The minimum absolute atomic E-state index is 0.0365. The smallest absolute Gasteiger partial charge is 0.444 e. The molecule has 0 saturated carbocycles. The van der Waals surface area contributed by atoms with Gasteiger partial charge in [0.05, 0.1) is 0 Å². The average molecular weight is 378 g/mol. The van der Waals surface area contributed by atoms with Crippen molar-refractivity contribution in [3.05, 3.63) is 35.9 Å². The Morgan fingerprint density at radius 2 is 1.74 bits per heavy atom. The zero-order valence-corrected chi connectivity index (χ0v) is 15.9. The van der Waals surface area contributed by atoms with Crippen LogP contribution in [0.25, 0.3) is 0 Å². The highest BCUT2D eigenvalue weighted by Crippen LogP contribution is 2.14. The molecule has 1 aliphatic heterocycles. The Morgan fingerprint density at radius 1 is 1.11 bits per heavy atom. The van der Waals surface area contributed by atoms with E-state index < -0.39 is 23.9 Å². The van der Waals surface area contributed by atoms with E-state index in [4.69, 9.17) is 14.2 Å². The minimum atomic E-state index is -1.03. The number of likely N-dealkylation sites (tertiary alicyclic amines) is 1. The van der Waals surface area contributed by atoms with Crippen LogP contribution in [0.1, 0.15) is 39.2 Å². The summed E-state index contributed by atoms with van der Waals surface area (Å²) in [6, 6.07) is 9.02. The van der Waals surface area contributed by atoms with Crippen LogP contribution in [-0.2, 0) is 20.8 Å². The summed E-state index contributed by atoms with van der Waals surface area (Å²) in [7, 11) is 0. The molecule has 0 radical (unpaired) electrons. The lowest BCUT2D eigenvalue weighted by Gasteiger charge is -2.31. The third-order valence-electron chi connectivity index (χ3n) is 3.84. The lowest BCUT2D eigenvalue weighted by atomic mass is 10.1. The van der Waals surface area contributed by atoms with Crippen LogP contribution in [0.15, 0.2) is 30.3 Å². The van der Waals surface area contributed by atoms with Crippen molar-refractivity contribution in [1.82, 2.24) is 10.2 Å². The number of amides is 2. The molecule has 0 unspecified atom stereocenters. The van der Waals surface area contributed by atoms with Gasteiger partial charge in [-0.15, -0.1) is 0 Å². The molecular weight excluding hydrogens is 352 g/mol. The van der Waals surface area contributed by atoms with Crippen molar-refractivity contribution in [2.24, 2.45) is 0 Å². The van der Waals surface area contributed by atoms with Crippen molar-refractivity contribution < 1.29 is 28.6 Å². The second-order valence-corrected chi connectivity index (χ2v) is 7.30. The number of rotatable bonds is 3. The number of carbonyl (C=O) groups is 3. The van der Waals surface area contributed by atoms with Gasteiger partial charge in [-0.25, -0.2) is 14.4 Å². The van der Waals surface area contributed by atoms with Crippen molar-refractivity contribution in [3.8, 4) is 0 Å². The van der Waals surface area contributed by atoms with Gasteiger partial charge in [-0.1, -0.05) is 30.3 Å². The summed E-state index contributed by atoms with van der Waals surface area (Å²) in [6.07, 6.45) is -1.16. The number of nitrogens with one attached hydrogen (secondary N) is 1. The lowest BCUT2D eigenvalue weighted by Crippen LogP contribution is -2.48. The van der Waals surface area contributed by atoms with Gasteiger partial charge in [0.1, 0.15) is 12.2 Å². The summed E-state index contributed by atoms with van der Waals surface area (Å²) in [4.78, 5) is 36.9. The minimum Gasteiger partial charge on any atom is -0.444 e. The Hall–Kier alpha value is -2.77. The monoisotopic (exact) mass is 378 g/mol. The van der Waals surface area contributed by atoms with Gasteiger partial charge in [0, 0.05) is 19.1 Å². The maximum Gasteiger partial charge on any atom is 0.517 e. The van der Waals surface area contributed by atoms with Crippen LogP contribution >= 0.6 is 0 Å². The predicted octanol–water partition coefficient (Wildman–Crippen LogP) is 3.45. The third kappa shape index (κ3) is 7.55. The van der Waals surface area contributed by atoms with E-state index in [1.54, 1.807) is 32.9 Å². The first-order valence-corrected chi connectivity index (χ1v) is 8.90. The Kier molecular flexibility index (Phi) is 7.04. The Labute approximate surface area is 158 Å². The first-order valence-electron chi connectivity index (χ1n) is 8.90. The molecule has 2 amide bonds. The van der Waals surface area contributed by atoms with Crippen LogP contribution in [0, 0.1) is 0 Å². The van der Waals surface area contributed by atoms with Crippen molar-refractivity contribution in [3.63, 3.8) is 0 Å². The fourth-order valence-electron chi connectivity index (χ4n) is 2.56. The number of ether oxygens (including phenoxy) is 3. The van der Waals surface area contributed by atoms with Crippen LogP contribution < -0.4 is 5.32 Å². The fraction of sp³-hybridized carbons (Fsp3) is 0.526. The molecule has 1 N–H and O–H groups in total. The number of carbonyl (C=O) groups excluding carboxylic acids is 3. The molecular formula is C19H26N2O6. The number of alkyl carbamates (subject to hydrolysis) is 1. The van der Waals surface area contributed by atoms with Crippen LogP contribution in [0.4, 0.5) is 14.4 Å². The van der Waals surface area contributed by atoms with E-state index in [2.05, 4.69) is 5.32 Å². The highest BCUT2D eigenvalue weighted by molar-refractivity contribution is 5.80. The van der Waals surface area contributed by atoms with Gasteiger partial charge in [-0.05, 0) is 39.2 Å². The van der Waals surface area contributed by atoms with E-state index in [0.29, 0.717) is 25.9 Å². The van der Waals surface area contributed by atoms with Crippen LogP contribution in [-0.4, -0.2) is 48.0 Å². The molecule has 1 aliphatic rings. The molecule has 0 atom stereocenters. The van der Waals surface area contributed by atoms with Gasteiger partial charge in [-0.2, -0.15) is 0 Å². The van der Waals surface area contributed by atoms with Gasteiger partial charge in [0.15, 0.2) is 0 Å². The number of hydrogen-bond donors (Lipinski definition) is 1. The molecule has 27 heavy (non-hydrogen) atoms. The Balaban J connectivity index is 1.68. The molecule has 1 fully saturated rings. The number of piperidine rings is 1. The zero-order chi connectivity index (χ0) is 19.9. The standard InChI is InChI=1S/C19H26N2O6/c1-19(2,3)27-16(22)20-15-9-11-21(12-10-15)17(23)26-18(24)25-13-14-7-5-4-6-8-14/h4-8,15H,9-13H2,1-3H3,(H,20,22). The molecule has 0 aliphatic carbocycles. The predicted molar refractivity (Wildman–Crippen MR) is 97.1 cm³/mol.